The fourth-order valence-corrected chi connectivity index (χ4v) is 7.72. The van der Waals surface area contributed by atoms with E-state index in [4.69, 9.17) is 14.2 Å². The molecule has 0 aliphatic carbocycles. The highest BCUT2D eigenvalue weighted by molar-refractivity contribution is 5.71. The molecule has 0 spiro atoms. The third kappa shape index (κ3) is 51.8. The molecule has 0 saturated heterocycles. The van der Waals surface area contributed by atoms with E-state index in [0.29, 0.717) is 19.3 Å². The molecule has 0 aromatic heterocycles. The molecule has 0 aliphatic rings. The molecular formula is C60H104O6. The Morgan fingerprint density at radius 2 is 0.591 bits per heavy atom. The van der Waals surface area contributed by atoms with E-state index in [-0.39, 0.29) is 44.0 Å². The van der Waals surface area contributed by atoms with Gasteiger partial charge >= 0.3 is 17.9 Å². The second-order valence-corrected chi connectivity index (χ2v) is 18.5. The molecule has 1 atom stereocenters. The van der Waals surface area contributed by atoms with Crippen LogP contribution in [-0.2, 0) is 28.6 Å². The number of ether oxygens (including phenoxy) is 3. The van der Waals surface area contributed by atoms with Crippen LogP contribution in [0.3, 0.4) is 0 Å². The van der Waals surface area contributed by atoms with E-state index in [2.05, 4.69) is 87.6 Å². The fraction of sp³-hybridized carbons (Fsp3) is 0.750. The zero-order valence-electron chi connectivity index (χ0n) is 43.4. The molecule has 0 aromatic carbocycles. The molecule has 0 N–H and O–H groups in total. The minimum atomic E-state index is -0.824. The van der Waals surface area contributed by atoms with Crippen LogP contribution < -0.4 is 0 Å². The summed E-state index contributed by atoms with van der Waals surface area (Å²) in [6.07, 6.45) is 69.1. The summed E-state index contributed by atoms with van der Waals surface area (Å²) >= 11 is 0. The number of hydrogen-bond donors (Lipinski definition) is 0. The van der Waals surface area contributed by atoms with Crippen molar-refractivity contribution in [3.8, 4) is 0 Å². The van der Waals surface area contributed by atoms with Crippen molar-refractivity contribution in [2.75, 3.05) is 13.2 Å². The van der Waals surface area contributed by atoms with Gasteiger partial charge in [-0.3, -0.25) is 14.4 Å². The zero-order valence-corrected chi connectivity index (χ0v) is 43.4. The molecule has 6 heteroatoms. The van der Waals surface area contributed by atoms with Crippen molar-refractivity contribution in [2.24, 2.45) is 0 Å². The van der Waals surface area contributed by atoms with Crippen molar-refractivity contribution in [1.29, 1.82) is 0 Å². The number of carbonyl (C=O) groups is 3. The molecule has 0 aromatic rings. The van der Waals surface area contributed by atoms with Crippen LogP contribution in [0.4, 0.5) is 0 Å². The predicted molar refractivity (Wildman–Crippen MR) is 284 cm³/mol. The molecule has 1 unspecified atom stereocenters. The van der Waals surface area contributed by atoms with E-state index in [1.54, 1.807) is 0 Å². The van der Waals surface area contributed by atoms with Crippen molar-refractivity contribution in [3.63, 3.8) is 0 Å². The van der Waals surface area contributed by atoms with Gasteiger partial charge in [-0.25, -0.2) is 0 Å². The normalized spacial score (nSPS) is 12.6. The Kier molecular flexibility index (Phi) is 51.9. The molecule has 0 aliphatic heterocycles. The van der Waals surface area contributed by atoms with Gasteiger partial charge in [0.05, 0.1) is 0 Å². The Labute approximate surface area is 408 Å². The van der Waals surface area contributed by atoms with E-state index in [1.807, 2.05) is 6.08 Å². The van der Waals surface area contributed by atoms with Crippen molar-refractivity contribution in [2.45, 2.75) is 277 Å². The average molecular weight is 921 g/mol. The maximum atomic E-state index is 12.8. The van der Waals surface area contributed by atoms with Gasteiger partial charge in [-0.05, 0) is 77.0 Å². The lowest BCUT2D eigenvalue weighted by molar-refractivity contribution is -0.166. The second-order valence-electron chi connectivity index (χ2n) is 18.5. The predicted octanol–water partition coefficient (Wildman–Crippen LogP) is 18.6. The van der Waals surface area contributed by atoms with Crippen molar-refractivity contribution >= 4 is 17.9 Å². The summed E-state index contributed by atoms with van der Waals surface area (Å²) in [5.41, 5.74) is 0. The van der Waals surface area contributed by atoms with Crippen LogP contribution in [0.2, 0.25) is 0 Å². The Morgan fingerprint density at radius 1 is 0.303 bits per heavy atom. The molecule has 0 fully saturated rings. The average Bonchev–Trinajstić information content (AvgIpc) is 3.31. The number of carbonyl (C=O) groups excluding carboxylic acids is 3. The number of rotatable bonds is 50. The molecule has 0 heterocycles. The quantitative estimate of drug-likeness (QED) is 0.0262. The molecule has 0 rings (SSSR count). The van der Waals surface area contributed by atoms with Gasteiger partial charge in [0.2, 0.25) is 0 Å². The fourth-order valence-electron chi connectivity index (χ4n) is 7.72. The van der Waals surface area contributed by atoms with Crippen LogP contribution in [0.5, 0.6) is 0 Å². The summed E-state index contributed by atoms with van der Waals surface area (Å²) in [6.45, 7) is 6.52. The number of esters is 3. The Balaban J connectivity index is 4.48. The highest BCUT2D eigenvalue weighted by Crippen LogP contribution is 2.15. The third-order valence-electron chi connectivity index (χ3n) is 11.9. The van der Waals surface area contributed by atoms with Crippen LogP contribution in [0, 0.1) is 0 Å². The summed E-state index contributed by atoms with van der Waals surface area (Å²) < 4.78 is 16.7. The maximum Gasteiger partial charge on any atom is 0.306 e. The van der Waals surface area contributed by atoms with Crippen molar-refractivity contribution in [1.82, 2.24) is 0 Å². The highest BCUT2D eigenvalue weighted by Gasteiger charge is 2.19. The minimum absolute atomic E-state index is 0.112. The molecule has 0 bridgehead atoms. The summed E-state index contributed by atoms with van der Waals surface area (Å²) in [4.78, 5) is 38.0. The van der Waals surface area contributed by atoms with Gasteiger partial charge in [0.1, 0.15) is 13.2 Å². The Morgan fingerprint density at radius 3 is 1.02 bits per heavy atom. The van der Waals surface area contributed by atoms with Crippen LogP contribution in [0.15, 0.2) is 72.9 Å². The Bertz CT molecular complexity index is 1240. The molecule has 6 nitrogen and oxygen atoms in total. The summed E-state index contributed by atoms with van der Waals surface area (Å²) in [6, 6.07) is 0. The summed E-state index contributed by atoms with van der Waals surface area (Å²) in [5.74, 6) is -1.03. The minimum Gasteiger partial charge on any atom is -0.462 e. The van der Waals surface area contributed by atoms with Gasteiger partial charge in [0, 0.05) is 19.3 Å². The molecule has 66 heavy (non-hydrogen) atoms. The molecular weight excluding hydrogens is 817 g/mol. The summed E-state index contributed by atoms with van der Waals surface area (Å²) in [5, 5.41) is 0. The van der Waals surface area contributed by atoms with Gasteiger partial charge in [-0.2, -0.15) is 0 Å². The van der Waals surface area contributed by atoms with E-state index >= 15 is 0 Å². The van der Waals surface area contributed by atoms with Gasteiger partial charge in [-0.1, -0.05) is 248 Å². The third-order valence-corrected chi connectivity index (χ3v) is 11.9. The van der Waals surface area contributed by atoms with E-state index in [0.717, 1.165) is 57.8 Å². The first kappa shape index (κ1) is 62.8. The first-order valence-corrected chi connectivity index (χ1v) is 27.9. The SMILES string of the molecule is CCCCC/C=C\C/C=C\C/C=C\C/C=C\CCCC(=O)OC(COC(=O)CC/C=C\C/C=C\CCCCCCCC)COC(=O)CCCCCCCCCCCCCCCCCCCC. The Hall–Kier alpha value is -3.15. The van der Waals surface area contributed by atoms with Crippen LogP contribution in [0.25, 0.3) is 0 Å². The van der Waals surface area contributed by atoms with Gasteiger partial charge < -0.3 is 14.2 Å². The van der Waals surface area contributed by atoms with E-state index in [1.165, 1.54) is 161 Å². The monoisotopic (exact) mass is 921 g/mol. The van der Waals surface area contributed by atoms with Gasteiger partial charge in [0.25, 0.3) is 0 Å². The summed E-state index contributed by atoms with van der Waals surface area (Å²) in [7, 11) is 0. The lowest BCUT2D eigenvalue weighted by Crippen LogP contribution is -2.30. The van der Waals surface area contributed by atoms with Crippen molar-refractivity contribution < 1.29 is 28.6 Å². The number of hydrogen-bond acceptors (Lipinski definition) is 6. The second kappa shape index (κ2) is 54.5. The van der Waals surface area contributed by atoms with Crippen LogP contribution in [-0.4, -0.2) is 37.2 Å². The maximum absolute atomic E-state index is 12.8. The first-order chi connectivity index (χ1) is 32.5. The highest BCUT2D eigenvalue weighted by atomic mass is 16.6. The molecule has 380 valence electrons. The zero-order chi connectivity index (χ0) is 47.9. The van der Waals surface area contributed by atoms with Crippen LogP contribution in [0.1, 0.15) is 271 Å². The standard InChI is InChI=1S/C60H104O6/c1-4-7-10-13-16-19-22-25-27-29-31-32-35-38-41-44-47-50-53-59(62)65-56-57(55-64-58(61)52-49-46-43-40-37-34-24-21-18-15-12-9-6-3)66-60(63)54-51-48-45-42-39-36-33-30-28-26-23-20-17-14-11-8-5-2/h17,20,26,28,33-34,36-37,42-43,45-46,57H,4-16,18-19,21-25,27,29-32,35,38-41,44,47-56H2,1-3H3/b20-17-,28-26-,36-33-,37-34-,45-42-,46-43-. The molecule has 0 amide bonds. The van der Waals surface area contributed by atoms with Crippen LogP contribution >= 0.6 is 0 Å². The van der Waals surface area contributed by atoms with Gasteiger partial charge in [0.15, 0.2) is 6.10 Å². The van der Waals surface area contributed by atoms with Crippen molar-refractivity contribution in [3.05, 3.63) is 72.9 Å². The first-order valence-electron chi connectivity index (χ1n) is 27.9. The smallest absolute Gasteiger partial charge is 0.306 e. The van der Waals surface area contributed by atoms with E-state index in [9.17, 15) is 14.4 Å². The number of unbranched alkanes of at least 4 members (excludes halogenated alkanes) is 27. The largest absolute Gasteiger partial charge is 0.462 e. The van der Waals surface area contributed by atoms with Gasteiger partial charge in [-0.15, -0.1) is 0 Å². The molecule has 0 saturated carbocycles. The van der Waals surface area contributed by atoms with E-state index < -0.39 is 6.10 Å². The topological polar surface area (TPSA) is 78.9 Å². The lowest BCUT2D eigenvalue weighted by Gasteiger charge is -2.18. The lowest BCUT2D eigenvalue weighted by atomic mass is 10.0. The molecule has 0 radical (unpaired) electrons. The number of allylic oxidation sites excluding steroid dienone is 12.